The molecule has 0 saturated carbocycles. The number of aliphatic hydroxyl groups is 1. The molecule has 1 N–H and O–H groups in total. The third-order valence-corrected chi connectivity index (χ3v) is 9.00. The quantitative estimate of drug-likeness (QED) is 0.171. The number of ether oxygens (including phenoxy) is 1. The van der Waals surface area contributed by atoms with Gasteiger partial charge in [-0.3, -0.25) is 4.79 Å². The van der Waals surface area contributed by atoms with Crippen LogP contribution in [0.3, 0.4) is 0 Å². The first-order valence-corrected chi connectivity index (χ1v) is 15.1. The predicted molar refractivity (Wildman–Crippen MR) is 131 cm³/mol. The number of halogens is 2. The van der Waals surface area contributed by atoms with E-state index in [1.165, 1.54) is 34.8 Å². The molecule has 3 rings (SSSR count). The number of unbranched alkanes of at least 4 members (excludes halogenated alkanes) is 3. The summed E-state index contributed by atoms with van der Waals surface area (Å²) < 4.78 is 8.28. The summed E-state index contributed by atoms with van der Waals surface area (Å²) in [7, 11) is 0. The van der Waals surface area contributed by atoms with Gasteiger partial charge in [-0.1, -0.05) is 23.7 Å². The molecule has 2 aromatic rings. The average molecular weight is 583 g/mol. The number of nitrogens with zero attached hydrogens (tertiary/aromatic N) is 1. The van der Waals surface area contributed by atoms with Gasteiger partial charge in [0, 0.05) is 11.6 Å². The van der Waals surface area contributed by atoms with Crippen LogP contribution < -0.4 is 25.9 Å². The summed E-state index contributed by atoms with van der Waals surface area (Å²) in [5.74, 6) is 0.873. The zero-order valence-corrected chi connectivity index (χ0v) is 22.2. The third kappa shape index (κ3) is 7.72. The second-order valence-corrected chi connectivity index (χ2v) is 12.0. The molecule has 0 bridgehead atoms. The van der Waals surface area contributed by atoms with E-state index in [4.69, 9.17) is 21.4 Å². The molecule has 0 fully saturated rings. The van der Waals surface area contributed by atoms with Gasteiger partial charge in [0.25, 0.3) is 0 Å². The van der Waals surface area contributed by atoms with Crippen molar-refractivity contribution in [2.75, 3.05) is 28.6 Å². The van der Waals surface area contributed by atoms with Crippen molar-refractivity contribution in [3.8, 4) is 5.75 Å². The molecule has 1 unspecified atom stereocenters. The predicted octanol–water partition coefficient (Wildman–Crippen LogP) is 2.74. The second-order valence-electron chi connectivity index (χ2n) is 8.29. The summed E-state index contributed by atoms with van der Waals surface area (Å²) in [6, 6.07) is 16.1. The Hall–Kier alpha value is -1.57. The van der Waals surface area contributed by atoms with Crippen LogP contribution in [-0.2, 0) is 4.79 Å². The van der Waals surface area contributed by atoms with Gasteiger partial charge in [-0.25, -0.2) is 0 Å². The zero-order valence-electron chi connectivity index (χ0n) is 19.3. The molecule has 180 valence electrons. The summed E-state index contributed by atoms with van der Waals surface area (Å²) in [5, 5.41) is 9.56. The molecule has 0 spiro atoms. The van der Waals surface area contributed by atoms with Crippen LogP contribution in [0.2, 0.25) is 5.02 Å². The van der Waals surface area contributed by atoms with Crippen molar-refractivity contribution in [1.82, 2.24) is 4.90 Å². The molecular formula is C27H34ClINO3-. The number of hydrogen-bond donors (Lipinski definition) is 1. The zero-order chi connectivity index (χ0) is 23.5. The van der Waals surface area contributed by atoms with E-state index >= 15 is 0 Å². The van der Waals surface area contributed by atoms with Crippen molar-refractivity contribution >= 4 is 23.6 Å². The number of aliphatic hydroxyl groups excluding tert-OH is 1. The van der Waals surface area contributed by atoms with Crippen LogP contribution in [-0.4, -0.2) is 45.0 Å². The van der Waals surface area contributed by atoms with Gasteiger partial charge in [0.2, 0.25) is 6.41 Å². The average Bonchev–Trinajstić information content (AvgIpc) is 2.83. The molecule has 4 nitrogen and oxygen atoms in total. The van der Waals surface area contributed by atoms with Crippen molar-refractivity contribution in [2.45, 2.75) is 45.1 Å². The van der Waals surface area contributed by atoms with E-state index in [1.54, 1.807) is 0 Å². The molecule has 0 saturated heterocycles. The fourth-order valence-corrected chi connectivity index (χ4v) is 6.47. The van der Waals surface area contributed by atoms with Gasteiger partial charge in [-0.2, -0.15) is 0 Å². The molecule has 1 atom stereocenters. The van der Waals surface area contributed by atoms with Gasteiger partial charge < -0.3 is 4.90 Å². The third-order valence-electron chi connectivity index (χ3n) is 5.99. The van der Waals surface area contributed by atoms with Gasteiger partial charge in [0.1, 0.15) is 0 Å². The summed E-state index contributed by atoms with van der Waals surface area (Å²) in [5.41, 5.74) is 4.67. The Morgan fingerprint density at radius 1 is 1.12 bits per heavy atom. The second kappa shape index (κ2) is 14.0. The van der Waals surface area contributed by atoms with Crippen LogP contribution in [0.4, 0.5) is 0 Å². The van der Waals surface area contributed by atoms with E-state index in [9.17, 15) is 4.79 Å². The summed E-state index contributed by atoms with van der Waals surface area (Å²) in [4.78, 5) is 13.7. The first-order valence-electron chi connectivity index (χ1n) is 11.7. The molecular weight excluding hydrogens is 549 g/mol. The Kier molecular flexibility index (Phi) is 11.0. The van der Waals surface area contributed by atoms with Gasteiger partial charge in [-0.05, 0) is 42.2 Å². The van der Waals surface area contributed by atoms with Crippen LogP contribution in [0.15, 0.2) is 54.1 Å². The van der Waals surface area contributed by atoms with E-state index < -0.39 is 0 Å². The van der Waals surface area contributed by atoms with Crippen molar-refractivity contribution in [2.24, 2.45) is 0 Å². The first kappa shape index (κ1) is 26.0. The van der Waals surface area contributed by atoms with Crippen LogP contribution >= 0.6 is 11.6 Å². The van der Waals surface area contributed by atoms with E-state index in [1.807, 2.05) is 35.2 Å². The molecule has 1 aliphatic rings. The van der Waals surface area contributed by atoms with Crippen LogP contribution in [0.5, 0.6) is 5.75 Å². The Balaban J connectivity index is 1.58. The molecule has 1 amide bonds. The van der Waals surface area contributed by atoms with Crippen LogP contribution in [0.1, 0.15) is 56.2 Å². The molecule has 0 radical (unpaired) electrons. The normalized spacial score (nSPS) is 16.3. The standard InChI is InChI=1S/C27H34ClINO3/c1-21-26(23-7-6-8-24(28)19-23)13-16-30(20-32)27(21)22-9-11-25(12-10-22)33-18-5-3-2-4-14-29-15-17-31/h6-12,19-20,27,31H,2-5,13-18H2,1H3/q-1. The first-order chi connectivity index (χ1) is 16.1. The minimum atomic E-state index is -0.0760. The van der Waals surface area contributed by atoms with E-state index in [2.05, 4.69) is 25.1 Å². The number of carbonyl (C=O) groups is 1. The Bertz CT molecular complexity index is 916. The maximum absolute atomic E-state index is 11.8. The molecule has 1 aliphatic heterocycles. The van der Waals surface area contributed by atoms with E-state index in [0.717, 1.165) is 52.2 Å². The molecule has 0 aromatic heterocycles. The maximum atomic E-state index is 11.8. The van der Waals surface area contributed by atoms with Gasteiger partial charge in [0.15, 0.2) is 0 Å². The Morgan fingerprint density at radius 2 is 1.91 bits per heavy atom. The SMILES string of the molecule is CC1=C(c2cccc(Cl)c2)CCN(C=O)C1c1ccc(OCCCCCC[I-]CCO)cc1. The molecule has 6 heteroatoms. The number of hydrogen-bond acceptors (Lipinski definition) is 3. The van der Waals surface area contributed by atoms with Gasteiger partial charge in [-0.15, -0.1) is 0 Å². The number of rotatable bonds is 13. The fourth-order valence-electron chi connectivity index (χ4n) is 4.32. The summed E-state index contributed by atoms with van der Waals surface area (Å²) in [6.45, 7) is 3.89. The minimum absolute atomic E-state index is 0.0760. The monoisotopic (exact) mass is 582 g/mol. The van der Waals surface area contributed by atoms with Crippen molar-refractivity contribution in [3.05, 3.63) is 70.3 Å². The topological polar surface area (TPSA) is 49.8 Å². The number of benzene rings is 2. The van der Waals surface area contributed by atoms with Crippen molar-refractivity contribution in [1.29, 1.82) is 0 Å². The molecule has 33 heavy (non-hydrogen) atoms. The van der Waals surface area contributed by atoms with Crippen molar-refractivity contribution in [3.63, 3.8) is 0 Å². The van der Waals surface area contributed by atoms with Gasteiger partial charge in [0.05, 0.1) is 0 Å². The number of carbonyl (C=O) groups excluding carboxylic acids is 1. The van der Waals surface area contributed by atoms with Crippen LogP contribution in [0, 0.1) is 0 Å². The summed E-state index contributed by atoms with van der Waals surface area (Å²) >= 11 is 6.43. The fraction of sp³-hybridized carbons (Fsp3) is 0.444. The molecule has 2 aromatic carbocycles. The number of amides is 1. The van der Waals surface area contributed by atoms with E-state index in [-0.39, 0.29) is 27.2 Å². The Morgan fingerprint density at radius 3 is 2.64 bits per heavy atom. The molecule has 0 aliphatic carbocycles. The number of alkyl halides is 2. The summed E-state index contributed by atoms with van der Waals surface area (Å²) in [6.07, 6.45) is 6.56. The Labute approximate surface area is 213 Å². The van der Waals surface area contributed by atoms with Gasteiger partial charge >= 0.3 is 120 Å². The van der Waals surface area contributed by atoms with E-state index in [0.29, 0.717) is 13.2 Å². The molecule has 1 heterocycles. The van der Waals surface area contributed by atoms with Crippen LogP contribution in [0.25, 0.3) is 5.57 Å². The van der Waals surface area contributed by atoms with Crippen molar-refractivity contribution < 1.29 is 35.8 Å².